The highest BCUT2D eigenvalue weighted by molar-refractivity contribution is 6.46. The van der Waals surface area contributed by atoms with E-state index in [4.69, 9.17) is 9.47 Å². The van der Waals surface area contributed by atoms with Crippen molar-refractivity contribution in [1.82, 2.24) is 0 Å². The zero-order valence-electron chi connectivity index (χ0n) is 18.4. The Kier molecular flexibility index (Phi) is 5.28. The van der Waals surface area contributed by atoms with Crippen molar-refractivity contribution in [2.45, 2.75) is 13.8 Å². The molecule has 0 bridgehead atoms. The molecule has 5 rings (SSSR count). The number of amides is 2. The fraction of sp³-hybridized carbons (Fsp3) is 0.154. The third-order valence-electron chi connectivity index (χ3n) is 5.71. The fourth-order valence-electron chi connectivity index (χ4n) is 4.11. The van der Waals surface area contributed by atoms with Gasteiger partial charge < -0.3 is 14.8 Å². The molecule has 0 saturated heterocycles. The Balaban J connectivity index is 1.62. The number of nitrogens with one attached hydrogen (secondary N) is 1. The number of aryl methyl sites for hydroxylation is 2. The number of halogens is 2. The molecule has 34 heavy (non-hydrogen) atoms. The molecule has 0 atom stereocenters. The third kappa shape index (κ3) is 3.67. The molecule has 3 aromatic carbocycles. The Hall–Kier alpha value is -4.20. The number of hydrogen-bond acceptors (Lipinski definition) is 5. The standard InChI is InChI=1S/C26H20F2N2O4/c1-14-3-6-18(15(2)11-14)23-24(29-16-4-8-21-22(12-16)34-10-9-33-21)26(32)30(25(23)31)17-5-7-19(27)20(28)13-17/h3-8,11-13,29H,9-10H2,1-2H3. The topological polar surface area (TPSA) is 67.9 Å². The highest BCUT2D eigenvalue weighted by atomic mass is 19.2. The molecule has 0 saturated carbocycles. The second-order valence-corrected chi connectivity index (χ2v) is 8.10. The lowest BCUT2D eigenvalue weighted by molar-refractivity contribution is -0.120. The molecule has 6 nitrogen and oxygen atoms in total. The van der Waals surface area contributed by atoms with Crippen molar-refractivity contribution in [3.63, 3.8) is 0 Å². The van der Waals surface area contributed by atoms with E-state index in [0.29, 0.717) is 36.0 Å². The normalized spacial score (nSPS) is 15.2. The summed E-state index contributed by atoms with van der Waals surface area (Å²) in [5, 5.41) is 3.05. The predicted octanol–water partition coefficient (Wildman–Crippen LogP) is 4.75. The number of fused-ring (bicyclic) bond motifs is 1. The van der Waals surface area contributed by atoms with Crippen LogP contribution in [0.15, 0.2) is 60.3 Å². The number of rotatable bonds is 4. The van der Waals surface area contributed by atoms with Gasteiger partial charge in [-0.1, -0.05) is 23.8 Å². The predicted molar refractivity (Wildman–Crippen MR) is 123 cm³/mol. The van der Waals surface area contributed by atoms with Crippen LogP contribution in [0, 0.1) is 25.5 Å². The minimum Gasteiger partial charge on any atom is -0.486 e. The third-order valence-corrected chi connectivity index (χ3v) is 5.71. The monoisotopic (exact) mass is 462 g/mol. The van der Waals surface area contributed by atoms with Crippen molar-refractivity contribution in [3.05, 3.63) is 88.6 Å². The van der Waals surface area contributed by atoms with Crippen molar-refractivity contribution >= 4 is 28.8 Å². The second-order valence-electron chi connectivity index (χ2n) is 8.10. The number of carbonyl (C=O) groups is 2. The molecule has 0 spiro atoms. The van der Waals surface area contributed by atoms with Gasteiger partial charge in [0.05, 0.1) is 11.3 Å². The van der Waals surface area contributed by atoms with Crippen LogP contribution in [0.4, 0.5) is 20.2 Å². The van der Waals surface area contributed by atoms with Crippen molar-refractivity contribution in [3.8, 4) is 11.5 Å². The van der Waals surface area contributed by atoms with E-state index >= 15 is 0 Å². The Morgan fingerprint density at radius 1 is 0.824 bits per heavy atom. The van der Waals surface area contributed by atoms with Gasteiger partial charge in [-0.05, 0) is 49.2 Å². The van der Waals surface area contributed by atoms with E-state index in [0.717, 1.165) is 28.2 Å². The van der Waals surface area contributed by atoms with Gasteiger partial charge in [-0.25, -0.2) is 13.7 Å². The summed E-state index contributed by atoms with van der Waals surface area (Å²) in [6.07, 6.45) is 0. The summed E-state index contributed by atoms with van der Waals surface area (Å²) in [5.74, 6) is -2.44. The van der Waals surface area contributed by atoms with E-state index in [2.05, 4.69) is 5.32 Å². The van der Waals surface area contributed by atoms with Gasteiger partial charge in [0.15, 0.2) is 23.1 Å². The summed E-state index contributed by atoms with van der Waals surface area (Å²) in [7, 11) is 0. The first-order chi connectivity index (χ1) is 16.3. The second kappa shape index (κ2) is 8.30. The van der Waals surface area contributed by atoms with Crippen LogP contribution in [-0.2, 0) is 9.59 Å². The Labute approximate surface area is 194 Å². The fourth-order valence-corrected chi connectivity index (χ4v) is 4.11. The maximum Gasteiger partial charge on any atom is 0.282 e. The summed E-state index contributed by atoms with van der Waals surface area (Å²) in [6.45, 7) is 4.61. The minimum atomic E-state index is -1.15. The summed E-state index contributed by atoms with van der Waals surface area (Å²) >= 11 is 0. The largest absolute Gasteiger partial charge is 0.486 e. The molecule has 2 heterocycles. The lowest BCUT2D eigenvalue weighted by atomic mass is 9.97. The van der Waals surface area contributed by atoms with E-state index in [1.807, 2.05) is 26.0 Å². The molecule has 8 heteroatoms. The molecule has 0 aromatic heterocycles. The van der Waals surface area contributed by atoms with Crippen LogP contribution in [0.2, 0.25) is 0 Å². The molecule has 3 aromatic rings. The molecule has 0 aliphatic carbocycles. The highest BCUT2D eigenvalue weighted by Gasteiger charge is 2.41. The Morgan fingerprint density at radius 3 is 2.32 bits per heavy atom. The minimum absolute atomic E-state index is 0.0263. The molecular formula is C26H20F2N2O4. The van der Waals surface area contributed by atoms with Crippen LogP contribution in [0.5, 0.6) is 11.5 Å². The zero-order valence-corrected chi connectivity index (χ0v) is 18.4. The maximum absolute atomic E-state index is 13.9. The van der Waals surface area contributed by atoms with Gasteiger partial charge in [-0.15, -0.1) is 0 Å². The highest BCUT2D eigenvalue weighted by Crippen LogP contribution is 2.38. The van der Waals surface area contributed by atoms with Gasteiger partial charge in [0, 0.05) is 17.8 Å². The lowest BCUT2D eigenvalue weighted by Crippen LogP contribution is -2.32. The van der Waals surface area contributed by atoms with Crippen molar-refractivity contribution in [2.75, 3.05) is 23.4 Å². The summed E-state index contributed by atoms with van der Waals surface area (Å²) in [6, 6.07) is 13.5. The first-order valence-corrected chi connectivity index (χ1v) is 10.7. The number of carbonyl (C=O) groups excluding carboxylic acids is 2. The van der Waals surface area contributed by atoms with Gasteiger partial charge in [0.25, 0.3) is 11.8 Å². The molecular weight excluding hydrogens is 442 g/mol. The summed E-state index contributed by atoms with van der Waals surface area (Å²) in [5.41, 5.74) is 2.97. The van der Waals surface area contributed by atoms with Crippen LogP contribution < -0.4 is 19.7 Å². The van der Waals surface area contributed by atoms with E-state index in [1.165, 1.54) is 6.07 Å². The maximum atomic E-state index is 13.9. The molecule has 1 N–H and O–H groups in total. The van der Waals surface area contributed by atoms with Crippen LogP contribution in [0.25, 0.3) is 5.57 Å². The van der Waals surface area contributed by atoms with E-state index in [9.17, 15) is 18.4 Å². The molecule has 0 unspecified atom stereocenters. The number of imide groups is 1. The summed E-state index contributed by atoms with van der Waals surface area (Å²) < 4.78 is 38.6. The quantitative estimate of drug-likeness (QED) is 0.567. The van der Waals surface area contributed by atoms with Crippen LogP contribution >= 0.6 is 0 Å². The number of hydrogen-bond donors (Lipinski definition) is 1. The van der Waals surface area contributed by atoms with E-state index < -0.39 is 23.4 Å². The van der Waals surface area contributed by atoms with Crippen molar-refractivity contribution < 1.29 is 27.8 Å². The Bertz CT molecular complexity index is 1380. The van der Waals surface area contributed by atoms with Gasteiger partial charge in [0.2, 0.25) is 0 Å². The van der Waals surface area contributed by atoms with Crippen molar-refractivity contribution in [1.29, 1.82) is 0 Å². The number of nitrogens with zero attached hydrogens (tertiary/aromatic N) is 1. The summed E-state index contributed by atoms with van der Waals surface area (Å²) in [4.78, 5) is 27.9. The average Bonchev–Trinajstić information content (AvgIpc) is 3.05. The molecule has 0 fully saturated rings. The molecule has 172 valence electrons. The smallest absolute Gasteiger partial charge is 0.282 e. The molecule has 2 amide bonds. The molecule has 0 radical (unpaired) electrons. The van der Waals surface area contributed by atoms with Crippen LogP contribution in [0.1, 0.15) is 16.7 Å². The van der Waals surface area contributed by atoms with E-state index in [1.54, 1.807) is 24.3 Å². The molecule has 2 aliphatic heterocycles. The van der Waals surface area contributed by atoms with Gasteiger partial charge >= 0.3 is 0 Å². The SMILES string of the molecule is Cc1ccc(C2=C(Nc3ccc4c(c3)OCCO4)C(=O)N(c3ccc(F)c(F)c3)C2=O)c(C)c1. The van der Waals surface area contributed by atoms with E-state index in [-0.39, 0.29) is 17.0 Å². The average molecular weight is 462 g/mol. The number of anilines is 2. The lowest BCUT2D eigenvalue weighted by Gasteiger charge is -2.19. The van der Waals surface area contributed by atoms with Crippen LogP contribution in [0.3, 0.4) is 0 Å². The first-order valence-electron chi connectivity index (χ1n) is 10.7. The Morgan fingerprint density at radius 2 is 1.59 bits per heavy atom. The first kappa shape index (κ1) is 21.6. The number of ether oxygens (including phenoxy) is 2. The van der Waals surface area contributed by atoms with Crippen molar-refractivity contribution in [2.24, 2.45) is 0 Å². The van der Waals surface area contributed by atoms with Crippen LogP contribution in [-0.4, -0.2) is 25.0 Å². The molecule has 2 aliphatic rings. The van der Waals surface area contributed by atoms with Gasteiger partial charge in [0.1, 0.15) is 18.9 Å². The zero-order chi connectivity index (χ0) is 24.0. The van der Waals surface area contributed by atoms with Gasteiger partial charge in [-0.3, -0.25) is 9.59 Å². The number of benzene rings is 3. The van der Waals surface area contributed by atoms with Gasteiger partial charge in [-0.2, -0.15) is 0 Å².